The van der Waals surface area contributed by atoms with E-state index >= 15 is 0 Å². The highest BCUT2D eigenvalue weighted by molar-refractivity contribution is 5.81. The minimum Gasteiger partial charge on any atom is -0.327 e. The zero-order chi connectivity index (χ0) is 16.8. The van der Waals surface area contributed by atoms with Crippen LogP contribution in [0.15, 0.2) is 54.6 Å². The van der Waals surface area contributed by atoms with Crippen LogP contribution < -0.4 is 5.32 Å². The number of rotatable bonds is 7. The van der Waals surface area contributed by atoms with Crippen LogP contribution in [-0.4, -0.2) is 15.8 Å². The molecular weight excluding hydrogens is 298 g/mol. The smallest absolute Gasteiger partial charge is 0.142 e. The van der Waals surface area contributed by atoms with E-state index in [-0.39, 0.29) is 0 Å². The summed E-state index contributed by atoms with van der Waals surface area (Å²) in [5.41, 5.74) is 4.33. The number of aldehydes is 1. The number of benzene rings is 2. The summed E-state index contributed by atoms with van der Waals surface area (Å²) in [6, 6.07) is 16.4. The van der Waals surface area contributed by atoms with Gasteiger partial charge in [0.15, 0.2) is 0 Å². The van der Waals surface area contributed by atoms with Crippen molar-refractivity contribution in [3.05, 3.63) is 71.6 Å². The molecule has 2 aromatic carbocycles. The lowest BCUT2D eigenvalue weighted by atomic mass is 10.2. The van der Waals surface area contributed by atoms with Crippen LogP contribution in [0.3, 0.4) is 0 Å². The summed E-state index contributed by atoms with van der Waals surface area (Å²) >= 11 is 0. The topological polar surface area (TPSA) is 46.9 Å². The average Bonchev–Trinajstić information content (AvgIpc) is 2.97. The molecule has 122 valence electrons. The predicted octanol–water partition coefficient (Wildman–Crippen LogP) is 3.56. The minimum atomic E-state index is 0.719. The Balaban J connectivity index is 1.79. The van der Waals surface area contributed by atoms with Gasteiger partial charge in [-0.2, -0.15) is 0 Å². The van der Waals surface area contributed by atoms with Crippen molar-refractivity contribution in [3.8, 4) is 0 Å². The number of nitrogens with one attached hydrogen (secondary N) is 1. The molecule has 0 aliphatic carbocycles. The maximum Gasteiger partial charge on any atom is 0.142 e. The quantitative estimate of drug-likeness (QED) is 0.535. The van der Waals surface area contributed by atoms with E-state index in [1.807, 2.05) is 30.3 Å². The van der Waals surface area contributed by atoms with E-state index in [1.165, 1.54) is 11.6 Å². The highest BCUT2D eigenvalue weighted by atomic mass is 16.1. The molecule has 0 unspecified atom stereocenters. The van der Waals surface area contributed by atoms with Gasteiger partial charge < -0.3 is 9.88 Å². The van der Waals surface area contributed by atoms with Crippen molar-refractivity contribution in [1.29, 1.82) is 0 Å². The van der Waals surface area contributed by atoms with Gasteiger partial charge in [0.2, 0.25) is 0 Å². The average molecular weight is 319 g/mol. The second kappa shape index (κ2) is 7.70. The summed E-state index contributed by atoms with van der Waals surface area (Å²) in [5, 5.41) is 3.46. The van der Waals surface area contributed by atoms with Gasteiger partial charge in [-0.1, -0.05) is 42.5 Å². The van der Waals surface area contributed by atoms with Crippen molar-refractivity contribution in [3.63, 3.8) is 0 Å². The summed E-state index contributed by atoms with van der Waals surface area (Å²) in [6.45, 7) is 4.54. The Hall–Kier alpha value is -2.72. The fourth-order valence-corrected chi connectivity index (χ4v) is 2.85. The Morgan fingerprint density at radius 3 is 2.71 bits per heavy atom. The molecule has 0 aliphatic heterocycles. The van der Waals surface area contributed by atoms with Gasteiger partial charge in [0.05, 0.1) is 17.6 Å². The lowest BCUT2D eigenvalue weighted by Crippen LogP contribution is -2.16. The van der Waals surface area contributed by atoms with Crippen molar-refractivity contribution in [2.45, 2.75) is 26.6 Å². The van der Waals surface area contributed by atoms with Crippen LogP contribution >= 0.6 is 0 Å². The maximum atomic E-state index is 10.5. The zero-order valence-electron chi connectivity index (χ0n) is 13.8. The molecule has 0 spiro atoms. The molecule has 0 radical (unpaired) electrons. The monoisotopic (exact) mass is 319 g/mol. The Morgan fingerprint density at radius 1 is 1.12 bits per heavy atom. The van der Waals surface area contributed by atoms with Gasteiger partial charge in [-0.3, -0.25) is 4.79 Å². The summed E-state index contributed by atoms with van der Waals surface area (Å²) in [7, 11) is 0. The number of carbonyl (C=O) groups is 1. The minimum absolute atomic E-state index is 0.719. The van der Waals surface area contributed by atoms with Crippen molar-refractivity contribution in [2.75, 3.05) is 0 Å². The van der Waals surface area contributed by atoms with Gasteiger partial charge >= 0.3 is 0 Å². The maximum absolute atomic E-state index is 10.5. The lowest BCUT2D eigenvalue weighted by Gasteiger charge is -2.07. The van der Waals surface area contributed by atoms with Crippen LogP contribution in [0.5, 0.6) is 0 Å². The molecule has 4 nitrogen and oxygen atoms in total. The number of carbonyl (C=O) groups excluding carboxylic acids is 1. The first-order valence-electron chi connectivity index (χ1n) is 8.17. The third-order valence-electron chi connectivity index (χ3n) is 3.99. The molecule has 0 bridgehead atoms. The van der Waals surface area contributed by atoms with Crippen LogP contribution in [0.4, 0.5) is 0 Å². The van der Waals surface area contributed by atoms with Gasteiger partial charge in [-0.25, -0.2) is 4.98 Å². The summed E-state index contributed by atoms with van der Waals surface area (Å²) in [5.74, 6) is 1.03. The molecule has 1 N–H and O–H groups in total. The number of hydrogen-bond acceptors (Lipinski definition) is 3. The second-order valence-electron chi connectivity index (χ2n) is 5.60. The molecule has 3 rings (SSSR count). The number of nitrogens with zero attached hydrogens (tertiary/aromatic N) is 2. The Kier molecular flexibility index (Phi) is 5.18. The van der Waals surface area contributed by atoms with Crippen LogP contribution in [0.2, 0.25) is 0 Å². The molecule has 0 atom stereocenters. The zero-order valence-corrected chi connectivity index (χ0v) is 13.8. The van der Waals surface area contributed by atoms with Crippen molar-refractivity contribution in [1.82, 2.24) is 14.9 Å². The SMILES string of the molecule is CCn1c(CNCc2ccccc2)nc2cc(/C=C/C=O)ccc21. The standard InChI is InChI=1S/C20H21N3O/c1-2-23-19-11-10-16(9-6-12-24)13-18(19)22-20(23)15-21-14-17-7-4-3-5-8-17/h3-13,21H,2,14-15H2,1H3/b9-6+. The van der Waals surface area contributed by atoms with Gasteiger partial charge in [0.1, 0.15) is 12.1 Å². The van der Waals surface area contributed by atoms with E-state index in [9.17, 15) is 4.79 Å². The molecule has 1 aromatic heterocycles. The van der Waals surface area contributed by atoms with Crippen LogP contribution in [-0.2, 0) is 24.4 Å². The van der Waals surface area contributed by atoms with Crippen LogP contribution in [0.1, 0.15) is 23.9 Å². The molecule has 0 saturated heterocycles. The Bertz CT molecular complexity index is 850. The molecule has 0 fully saturated rings. The van der Waals surface area contributed by atoms with Gasteiger partial charge in [0, 0.05) is 13.1 Å². The summed E-state index contributed by atoms with van der Waals surface area (Å²) < 4.78 is 2.22. The largest absolute Gasteiger partial charge is 0.327 e. The first-order chi connectivity index (χ1) is 11.8. The van der Waals surface area contributed by atoms with Crippen LogP contribution in [0, 0.1) is 0 Å². The third kappa shape index (κ3) is 3.60. The predicted molar refractivity (Wildman–Crippen MR) is 97.5 cm³/mol. The molecular formula is C20H21N3O. The van der Waals surface area contributed by atoms with E-state index in [1.54, 1.807) is 6.08 Å². The summed E-state index contributed by atoms with van der Waals surface area (Å²) in [4.78, 5) is 15.2. The normalized spacial score (nSPS) is 11.4. The number of hydrogen-bond donors (Lipinski definition) is 1. The number of fused-ring (bicyclic) bond motifs is 1. The number of imidazole rings is 1. The second-order valence-corrected chi connectivity index (χ2v) is 5.60. The highest BCUT2D eigenvalue weighted by Gasteiger charge is 2.09. The summed E-state index contributed by atoms with van der Waals surface area (Å²) in [6.07, 6.45) is 4.08. The van der Waals surface area contributed by atoms with Gasteiger partial charge in [-0.15, -0.1) is 0 Å². The number of aromatic nitrogens is 2. The fourth-order valence-electron chi connectivity index (χ4n) is 2.85. The van der Waals surface area contributed by atoms with Crippen molar-refractivity contribution >= 4 is 23.4 Å². The van der Waals surface area contributed by atoms with E-state index in [2.05, 4.69) is 35.0 Å². The van der Waals surface area contributed by atoms with E-state index in [0.717, 1.165) is 48.3 Å². The van der Waals surface area contributed by atoms with E-state index in [0.29, 0.717) is 0 Å². The third-order valence-corrected chi connectivity index (χ3v) is 3.99. The highest BCUT2D eigenvalue weighted by Crippen LogP contribution is 2.19. The molecule has 4 heteroatoms. The van der Waals surface area contributed by atoms with E-state index in [4.69, 9.17) is 4.98 Å². The first-order valence-corrected chi connectivity index (χ1v) is 8.17. The molecule has 24 heavy (non-hydrogen) atoms. The Morgan fingerprint density at radius 2 is 1.96 bits per heavy atom. The van der Waals surface area contributed by atoms with Crippen LogP contribution in [0.25, 0.3) is 17.1 Å². The molecule has 0 saturated carbocycles. The van der Waals surface area contributed by atoms with E-state index < -0.39 is 0 Å². The first kappa shape index (κ1) is 16.1. The number of allylic oxidation sites excluding steroid dienone is 1. The lowest BCUT2D eigenvalue weighted by molar-refractivity contribution is -0.104. The number of aryl methyl sites for hydroxylation is 1. The fraction of sp³-hybridized carbons (Fsp3) is 0.200. The molecule has 3 aromatic rings. The molecule has 0 aliphatic rings. The van der Waals surface area contributed by atoms with Gasteiger partial charge in [-0.05, 0) is 36.3 Å². The van der Waals surface area contributed by atoms with Crippen molar-refractivity contribution < 1.29 is 4.79 Å². The van der Waals surface area contributed by atoms with Gasteiger partial charge in [0.25, 0.3) is 0 Å². The molecule has 0 amide bonds. The Labute approximate surface area is 141 Å². The molecule has 1 heterocycles. The van der Waals surface area contributed by atoms with Crippen molar-refractivity contribution in [2.24, 2.45) is 0 Å².